The van der Waals surface area contributed by atoms with Gasteiger partial charge in [0.2, 0.25) is 5.91 Å². The zero-order valence-electron chi connectivity index (χ0n) is 12.2. The Morgan fingerprint density at radius 1 is 1.14 bits per heavy atom. The van der Waals surface area contributed by atoms with Crippen molar-refractivity contribution in [2.24, 2.45) is 0 Å². The van der Waals surface area contributed by atoms with Gasteiger partial charge in [-0.15, -0.1) is 0 Å². The van der Waals surface area contributed by atoms with Gasteiger partial charge in [-0.05, 0) is 6.42 Å². The minimum Gasteiger partial charge on any atom is -0.452 e. The molecule has 1 saturated heterocycles. The van der Waals surface area contributed by atoms with Crippen molar-refractivity contribution < 1.29 is 28.7 Å². The summed E-state index contributed by atoms with van der Waals surface area (Å²) in [5, 5.41) is 4.11. The lowest BCUT2D eigenvalue weighted by molar-refractivity contribution is -0.154. The van der Waals surface area contributed by atoms with E-state index in [4.69, 9.17) is 4.74 Å². The molecule has 0 radical (unpaired) electrons. The van der Waals surface area contributed by atoms with E-state index >= 15 is 0 Å². The lowest BCUT2D eigenvalue weighted by atomic mass is 10.2. The van der Waals surface area contributed by atoms with Crippen molar-refractivity contribution in [1.82, 2.24) is 10.6 Å². The van der Waals surface area contributed by atoms with E-state index in [0.717, 1.165) is 19.3 Å². The van der Waals surface area contributed by atoms with Gasteiger partial charge in [0.05, 0.1) is 6.42 Å². The number of carbonyl (C=O) groups excluding carboxylic acids is 5. The van der Waals surface area contributed by atoms with E-state index < -0.39 is 18.0 Å². The molecule has 2 N–H and O–H groups in total. The maximum Gasteiger partial charge on any atom is 0.306 e. The molecule has 8 nitrogen and oxygen atoms in total. The van der Waals surface area contributed by atoms with Gasteiger partial charge in [-0.2, -0.15) is 0 Å². The number of amides is 4. The van der Waals surface area contributed by atoms with Crippen molar-refractivity contribution in [2.45, 2.75) is 45.1 Å². The van der Waals surface area contributed by atoms with Gasteiger partial charge in [0, 0.05) is 18.6 Å². The topological polar surface area (TPSA) is 119 Å². The highest BCUT2D eigenvalue weighted by Crippen LogP contribution is 2.09. The molecule has 0 aromatic rings. The lowest BCUT2D eigenvalue weighted by Crippen LogP contribution is -2.28. The van der Waals surface area contributed by atoms with Crippen LogP contribution in [0.2, 0.25) is 0 Å². The Labute approximate surface area is 127 Å². The van der Waals surface area contributed by atoms with E-state index in [-0.39, 0.29) is 24.1 Å². The highest BCUT2D eigenvalue weighted by molar-refractivity contribution is 6.12. The average molecular weight is 310 g/mol. The number of hydrogen-bond donors (Lipinski definition) is 2. The number of nitrogens with one attached hydrogen (secondary N) is 2. The average Bonchev–Trinajstić information content (AvgIpc) is 2.96. The first-order valence-corrected chi connectivity index (χ1v) is 6.98. The van der Waals surface area contributed by atoms with Crippen molar-refractivity contribution in [3.05, 3.63) is 12.2 Å². The van der Waals surface area contributed by atoms with E-state index in [0.29, 0.717) is 6.42 Å². The predicted octanol–water partition coefficient (Wildman–Crippen LogP) is -0.276. The van der Waals surface area contributed by atoms with Gasteiger partial charge < -0.3 is 4.74 Å². The zero-order chi connectivity index (χ0) is 16.5. The van der Waals surface area contributed by atoms with Gasteiger partial charge in [-0.1, -0.05) is 19.8 Å². The van der Waals surface area contributed by atoms with Crippen LogP contribution >= 0.6 is 0 Å². The smallest absolute Gasteiger partial charge is 0.306 e. The first-order valence-electron chi connectivity index (χ1n) is 6.98. The van der Waals surface area contributed by atoms with E-state index in [1.807, 2.05) is 12.2 Å². The van der Waals surface area contributed by atoms with Crippen molar-refractivity contribution in [3.8, 4) is 0 Å². The van der Waals surface area contributed by atoms with Crippen LogP contribution in [0.3, 0.4) is 0 Å². The summed E-state index contributed by atoms with van der Waals surface area (Å²) in [6, 6.07) is 0. The molecule has 2 aliphatic heterocycles. The number of rotatable bonds is 5. The largest absolute Gasteiger partial charge is 0.452 e. The van der Waals surface area contributed by atoms with Crippen LogP contribution in [0, 0.1) is 0 Å². The first kappa shape index (κ1) is 17.5. The summed E-state index contributed by atoms with van der Waals surface area (Å²) < 4.78 is 4.87. The molecule has 0 aromatic carbocycles. The van der Waals surface area contributed by atoms with Crippen LogP contribution in [0.4, 0.5) is 0 Å². The number of esters is 1. The molecule has 0 saturated carbocycles. The fourth-order valence-corrected chi connectivity index (χ4v) is 1.72. The summed E-state index contributed by atoms with van der Waals surface area (Å²) in [7, 11) is 0. The molecule has 1 atom stereocenters. The van der Waals surface area contributed by atoms with Gasteiger partial charge in [-0.25, -0.2) is 0 Å². The quantitative estimate of drug-likeness (QED) is 0.410. The third-order valence-electron chi connectivity index (χ3n) is 2.82. The van der Waals surface area contributed by atoms with Gasteiger partial charge >= 0.3 is 5.97 Å². The van der Waals surface area contributed by atoms with Crippen LogP contribution in [-0.2, 0) is 28.7 Å². The molecule has 2 aliphatic rings. The highest BCUT2D eigenvalue weighted by Gasteiger charge is 2.33. The minimum atomic E-state index is -0.911. The normalized spacial score (nSPS) is 19.4. The SMILES string of the molecule is CCCCCC(=O)OC1CC(=O)NC1=O.O=C1C=CC(=O)N1. The lowest BCUT2D eigenvalue weighted by Gasteiger charge is -2.07. The second-order valence-corrected chi connectivity index (χ2v) is 4.74. The van der Waals surface area contributed by atoms with Gasteiger partial charge in [0.25, 0.3) is 17.7 Å². The van der Waals surface area contributed by atoms with E-state index in [2.05, 4.69) is 5.32 Å². The number of hydrogen-bond acceptors (Lipinski definition) is 6. The molecular formula is C14H18N2O6. The molecule has 0 spiro atoms. The first-order chi connectivity index (χ1) is 10.4. The van der Waals surface area contributed by atoms with Crippen LogP contribution in [-0.4, -0.2) is 35.7 Å². The minimum absolute atomic E-state index is 0.0433. The second kappa shape index (κ2) is 8.71. The Morgan fingerprint density at radius 3 is 2.18 bits per heavy atom. The van der Waals surface area contributed by atoms with E-state index in [1.54, 1.807) is 0 Å². The maximum absolute atomic E-state index is 11.2. The van der Waals surface area contributed by atoms with E-state index in [1.165, 1.54) is 12.2 Å². The van der Waals surface area contributed by atoms with Crippen LogP contribution in [0.15, 0.2) is 12.2 Å². The Bertz CT molecular complexity index is 495. The summed E-state index contributed by atoms with van der Waals surface area (Å²) in [6.07, 6.45) is 4.50. The van der Waals surface area contributed by atoms with Crippen molar-refractivity contribution in [3.63, 3.8) is 0 Å². The Hall–Kier alpha value is -2.51. The third kappa shape index (κ3) is 6.29. The Morgan fingerprint density at radius 2 is 1.77 bits per heavy atom. The van der Waals surface area contributed by atoms with Crippen molar-refractivity contribution in [1.29, 1.82) is 0 Å². The van der Waals surface area contributed by atoms with Crippen LogP contribution in [0.25, 0.3) is 0 Å². The summed E-state index contributed by atoms with van der Waals surface area (Å²) in [4.78, 5) is 53.1. The molecule has 1 fully saturated rings. The predicted molar refractivity (Wildman–Crippen MR) is 74.1 cm³/mol. The van der Waals surface area contributed by atoms with Gasteiger partial charge in [0.15, 0.2) is 6.10 Å². The number of unbranched alkanes of at least 4 members (excludes halogenated alkanes) is 2. The molecule has 4 amide bonds. The molecular weight excluding hydrogens is 292 g/mol. The molecule has 1 unspecified atom stereocenters. The monoisotopic (exact) mass is 310 g/mol. The zero-order valence-corrected chi connectivity index (χ0v) is 12.2. The molecule has 0 aliphatic carbocycles. The fourth-order valence-electron chi connectivity index (χ4n) is 1.72. The van der Waals surface area contributed by atoms with Crippen LogP contribution in [0.5, 0.6) is 0 Å². The van der Waals surface area contributed by atoms with Crippen molar-refractivity contribution in [2.75, 3.05) is 0 Å². The summed E-state index contributed by atoms with van der Waals surface area (Å²) in [6.45, 7) is 2.04. The molecule has 120 valence electrons. The second-order valence-electron chi connectivity index (χ2n) is 4.74. The maximum atomic E-state index is 11.2. The molecule has 8 heteroatoms. The number of imide groups is 2. The van der Waals surface area contributed by atoms with Crippen molar-refractivity contribution >= 4 is 29.6 Å². The summed E-state index contributed by atoms with van der Waals surface area (Å²) in [5.41, 5.74) is 0. The number of carbonyl (C=O) groups is 5. The van der Waals surface area contributed by atoms with Gasteiger partial charge in [0.1, 0.15) is 0 Å². The molecule has 2 rings (SSSR count). The number of ether oxygens (including phenoxy) is 1. The van der Waals surface area contributed by atoms with E-state index in [9.17, 15) is 24.0 Å². The Balaban J connectivity index is 0.000000287. The summed E-state index contributed by atoms with van der Waals surface area (Å²) >= 11 is 0. The highest BCUT2D eigenvalue weighted by atomic mass is 16.5. The fraction of sp³-hybridized carbons (Fsp3) is 0.500. The van der Waals surface area contributed by atoms with Crippen LogP contribution in [0.1, 0.15) is 39.0 Å². The molecule has 2 heterocycles. The third-order valence-corrected chi connectivity index (χ3v) is 2.82. The summed E-state index contributed by atoms with van der Waals surface area (Å²) in [5.74, 6) is -1.96. The Kier molecular flexibility index (Phi) is 6.94. The standard InChI is InChI=1S/C10H15NO4.C4H3NO2/c1-2-3-4-5-9(13)15-7-6-8(12)11-10(7)14;6-3-1-2-4(7)5-3/h7H,2-6H2,1H3,(H,11,12,14);1-2H,(H,5,6,7). The molecule has 0 bridgehead atoms. The molecule has 0 aromatic heterocycles. The molecule has 22 heavy (non-hydrogen) atoms. The van der Waals surface area contributed by atoms with Gasteiger partial charge in [-0.3, -0.25) is 34.6 Å². The van der Waals surface area contributed by atoms with Crippen LogP contribution < -0.4 is 10.6 Å².